The van der Waals surface area contributed by atoms with Crippen molar-refractivity contribution in [3.8, 4) is 0 Å². The molecule has 0 aromatic carbocycles. The van der Waals surface area contributed by atoms with E-state index in [0.29, 0.717) is 22.3 Å². The summed E-state index contributed by atoms with van der Waals surface area (Å²) < 4.78 is 4.83. The molecule has 0 amide bonds. The fourth-order valence-electron chi connectivity index (χ4n) is 7.78. The predicted molar refractivity (Wildman–Crippen MR) is 111 cm³/mol. The van der Waals surface area contributed by atoms with Crippen LogP contribution in [0.1, 0.15) is 72.6 Å². The summed E-state index contributed by atoms with van der Waals surface area (Å²) in [6, 6.07) is 0. The molecular formula is C25H36O3. The SMILES string of the molecule is C=C1CC[C@@H]2[C@](C)(CC[C@H]3C(C)(C)CCC[C@]23C)[C@@H]1/C=C/C1=CC(=O)O[C@H]1O. The van der Waals surface area contributed by atoms with Crippen molar-refractivity contribution in [2.45, 2.75) is 78.9 Å². The summed E-state index contributed by atoms with van der Waals surface area (Å²) in [6.07, 6.45) is 13.3. The maximum atomic E-state index is 11.4. The molecule has 3 fully saturated rings. The Morgan fingerprint density at radius 3 is 2.54 bits per heavy atom. The van der Waals surface area contributed by atoms with Crippen molar-refractivity contribution in [3.63, 3.8) is 0 Å². The molecule has 0 radical (unpaired) electrons. The maximum Gasteiger partial charge on any atom is 0.333 e. The third kappa shape index (κ3) is 2.93. The lowest BCUT2D eigenvalue weighted by Gasteiger charge is -2.65. The fourth-order valence-corrected chi connectivity index (χ4v) is 7.78. The molecule has 3 nitrogen and oxygen atoms in total. The van der Waals surface area contributed by atoms with Crippen molar-refractivity contribution in [2.75, 3.05) is 0 Å². The molecule has 28 heavy (non-hydrogen) atoms. The minimum absolute atomic E-state index is 0.194. The van der Waals surface area contributed by atoms with Crippen LogP contribution in [0.25, 0.3) is 0 Å². The zero-order valence-electron chi connectivity index (χ0n) is 18.0. The van der Waals surface area contributed by atoms with E-state index in [1.54, 1.807) is 0 Å². The highest BCUT2D eigenvalue weighted by atomic mass is 16.6. The van der Waals surface area contributed by atoms with Gasteiger partial charge in [-0.2, -0.15) is 0 Å². The largest absolute Gasteiger partial charge is 0.428 e. The summed E-state index contributed by atoms with van der Waals surface area (Å²) >= 11 is 0. The smallest absolute Gasteiger partial charge is 0.333 e. The Morgan fingerprint density at radius 2 is 1.86 bits per heavy atom. The van der Waals surface area contributed by atoms with Crippen molar-refractivity contribution in [3.05, 3.63) is 36.0 Å². The van der Waals surface area contributed by atoms with Gasteiger partial charge in [-0.25, -0.2) is 4.79 Å². The number of esters is 1. The highest BCUT2D eigenvalue weighted by molar-refractivity contribution is 5.86. The van der Waals surface area contributed by atoms with Crippen LogP contribution in [0.15, 0.2) is 36.0 Å². The number of carbonyl (C=O) groups excluding carboxylic acids is 1. The highest BCUT2D eigenvalue weighted by Gasteiger charge is 2.60. The molecule has 6 atom stereocenters. The van der Waals surface area contributed by atoms with Gasteiger partial charge in [0.2, 0.25) is 6.29 Å². The third-order valence-corrected chi connectivity index (χ3v) is 9.02. The van der Waals surface area contributed by atoms with E-state index in [1.807, 2.05) is 6.08 Å². The van der Waals surface area contributed by atoms with E-state index in [-0.39, 0.29) is 11.3 Å². The van der Waals surface area contributed by atoms with Gasteiger partial charge in [0.1, 0.15) is 0 Å². The van der Waals surface area contributed by atoms with Crippen LogP contribution in [0.4, 0.5) is 0 Å². The molecule has 0 aromatic heterocycles. The van der Waals surface area contributed by atoms with E-state index < -0.39 is 12.3 Å². The second-order valence-corrected chi connectivity index (χ2v) is 11.0. The molecule has 0 spiro atoms. The Balaban J connectivity index is 1.66. The normalized spacial score (nSPS) is 45.4. The van der Waals surface area contributed by atoms with Crippen LogP contribution in [0.2, 0.25) is 0 Å². The maximum absolute atomic E-state index is 11.4. The number of hydrogen-bond donors (Lipinski definition) is 1. The van der Waals surface area contributed by atoms with Gasteiger partial charge in [-0.05, 0) is 66.6 Å². The van der Waals surface area contributed by atoms with E-state index >= 15 is 0 Å². The standard InChI is InChI=1S/C25H36O3/c1-16-7-10-20-24(4,18(16)9-8-17-15-21(26)28-22(17)27)14-11-19-23(2,3)12-6-13-25(19,20)5/h8-9,15,18-20,22,27H,1,6-7,10-14H2,2-5H3/b9-8+/t18-,19+,20-,22-,24-,25+/m1/s1. The number of carbonyl (C=O) groups is 1. The van der Waals surface area contributed by atoms with Gasteiger partial charge in [0, 0.05) is 17.6 Å². The molecule has 0 saturated heterocycles. The van der Waals surface area contributed by atoms with Crippen molar-refractivity contribution in [1.82, 2.24) is 0 Å². The lowest BCUT2D eigenvalue weighted by atomic mass is 9.39. The molecule has 0 bridgehead atoms. The number of aliphatic hydroxyl groups excluding tert-OH is 1. The molecule has 1 aliphatic heterocycles. The van der Waals surface area contributed by atoms with Crippen LogP contribution in [-0.4, -0.2) is 17.4 Å². The lowest BCUT2D eigenvalue weighted by molar-refractivity contribution is -0.151. The van der Waals surface area contributed by atoms with E-state index in [1.165, 1.54) is 50.2 Å². The van der Waals surface area contributed by atoms with Gasteiger partial charge in [-0.1, -0.05) is 58.4 Å². The zero-order chi connectivity index (χ0) is 20.3. The molecular weight excluding hydrogens is 348 g/mol. The van der Waals surface area contributed by atoms with Gasteiger partial charge in [0.05, 0.1) is 0 Å². The predicted octanol–water partition coefficient (Wildman–Crippen LogP) is 5.56. The van der Waals surface area contributed by atoms with Gasteiger partial charge >= 0.3 is 5.97 Å². The Labute approximate surface area is 169 Å². The third-order valence-electron chi connectivity index (χ3n) is 9.02. The van der Waals surface area contributed by atoms with Crippen molar-refractivity contribution in [1.29, 1.82) is 0 Å². The Bertz CT molecular complexity index is 745. The van der Waals surface area contributed by atoms with E-state index in [0.717, 1.165) is 12.3 Å². The number of allylic oxidation sites excluding steroid dienone is 2. The topological polar surface area (TPSA) is 46.5 Å². The van der Waals surface area contributed by atoms with Crippen LogP contribution in [0.5, 0.6) is 0 Å². The van der Waals surface area contributed by atoms with Crippen LogP contribution in [-0.2, 0) is 9.53 Å². The monoisotopic (exact) mass is 384 g/mol. The molecule has 4 rings (SSSR count). The molecule has 3 heteroatoms. The molecule has 3 aliphatic carbocycles. The van der Waals surface area contributed by atoms with Crippen LogP contribution in [0, 0.1) is 34.0 Å². The average molecular weight is 385 g/mol. The number of ether oxygens (including phenoxy) is 1. The number of aliphatic hydroxyl groups is 1. The average Bonchev–Trinajstić information content (AvgIpc) is 2.90. The highest BCUT2D eigenvalue weighted by Crippen LogP contribution is 2.69. The first kappa shape index (κ1) is 19.9. The quantitative estimate of drug-likeness (QED) is 0.501. The van der Waals surface area contributed by atoms with Gasteiger partial charge in [-0.3, -0.25) is 0 Å². The van der Waals surface area contributed by atoms with Crippen molar-refractivity contribution < 1.29 is 14.6 Å². The van der Waals surface area contributed by atoms with Gasteiger partial charge in [0.25, 0.3) is 0 Å². The first-order valence-electron chi connectivity index (χ1n) is 11.0. The molecule has 154 valence electrons. The summed E-state index contributed by atoms with van der Waals surface area (Å²) in [5.74, 6) is 1.32. The van der Waals surface area contributed by atoms with Crippen molar-refractivity contribution >= 4 is 5.97 Å². The summed E-state index contributed by atoms with van der Waals surface area (Å²) in [5, 5.41) is 9.92. The van der Waals surface area contributed by atoms with E-state index in [4.69, 9.17) is 4.74 Å². The second kappa shape index (κ2) is 6.58. The molecule has 0 aromatic rings. The minimum atomic E-state index is -1.13. The van der Waals surface area contributed by atoms with Gasteiger partial charge < -0.3 is 9.84 Å². The number of cyclic esters (lactones) is 1. The Kier molecular flexibility index (Phi) is 4.69. The molecule has 4 aliphatic rings. The Morgan fingerprint density at radius 1 is 1.11 bits per heavy atom. The van der Waals surface area contributed by atoms with E-state index in [9.17, 15) is 9.90 Å². The zero-order valence-corrected chi connectivity index (χ0v) is 18.0. The van der Waals surface area contributed by atoms with Crippen molar-refractivity contribution in [2.24, 2.45) is 34.0 Å². The van der Waals surface area contributed by atoms with Gasteiger partial charge in [-0.15, -0.1) is 0 Å². The minimum Gasteiger partial charge on any atom is -0.428 e. The summed E-state index contributed by atoms with van der Waals surface area (Å²) in [7, 11) is 0. The molecule has 1 N–H and O–H groups in total. The van der Waals surface area contributed by atoms with Crippen LogP contribution >= 0.6 is 0 Å². The first-order valence-corrected chi connectivity index (χ1v) is 11.0. The lowest BCUT2D eigenvalue weighted by Crippen LogP contribution is -2.57. The fraction of sp³-hybridized carbons (Fsp3) is 0.720. The summed E-state index contributed by atoms with van der Waals surface area (Å²) in [5.41, 5.74) is 2.88. The molecule has 3 saturated carbocycles. The summed E-state index contributed by atoms with van der Waals surface area (Å²) in [4.78, 5) is 11.4. The number of rotatable bonds is 2. The van der Waals surface area contributed by atoms with E-state index in [2.05, 4.69) is 40.3 Å². The second-order valence-electron chi connectivity index (χ2n) is 11.0. The van der Waals surface area contributed by atoms with Crippen LogP contribution < -0.4 is 0 Å². The molecule has 0 unspecified atom stereocenters. The Hall–Kier alpha value is -1.35. The van der Waals surface area contributed by atoms with Crippen LogP contribution in [0.3, 0.4) is 0 Å². The first-order chi connectivity index (χ1) is 13.1. The molecule has 1 heterocycles. The summed E-state index contributed by atoms with van der Waals surface area (Å²) in [6.45, 7) is 14.5. The van der Waals surface area contributed by atoms with Gasteiger partial charge in [0.15, 0.2) is 0 Å². The number of fused-ring (bicyclic) bond motifs is 3. The number of hydrogen-bond acceptors (Lipinski definition) is 3.